The van der Waals surface area contributed by atoms with Gasteiger partial charge in [0.1, 0.15) is 5.84 Å². The van der Waals surface area contributed by atoms with Crippen LogP contribution in [0.4, 0.5) is 0 Å². The molecule has 1 aromatic rings. The van der Waals surface area contributed by atoms with Gasteiger partial charge in [-0.1, -0.05) is 5.16 Å². The molecule has 1 rings (SSSR count). The molecule has 0 saturated carbocycles. The van der Waals surface area contributed by atoms with Gasteiger partial charge in [-0.05, 0) is 48.3 Å². The summed E-state index contributed by atoms with van der Waals surface area (Å²) in [7, 11) is 0. The van der Waals surface area contributed by atoms with E-state index < -0.39 is 0 Å². The average molecular weight is 227 g/mol. The molecule has 0 amide bonds. The van der Waals surface area contributed by atoms with Crippen molar-refractivity contribution in [1.29, 1.82) is 0 Å². The molecular formula is C10H17N3OS. The van der Waals surface area contributed by atoms with Gasteiger partial charge in [0.25, 0.3) is 0 Å². The molecule has 4 N–H and O–H groups in total. The first kappa shape index (κ1) is 12.0. The van der Waals surface area contributed by atoms with Crippen LogP contribution in [0.15, 0.2) is 22.0 Å². The molecule has 15 heavy (non-hydrogen) atoms. The van der Waals surface area contributed by atoms with Crippen LogP contribution in [0.1, 0.15) is 18.4 Å². The Balaban J connectivity index is 1.94. The third-order valence-corrected chi connectivity index (χ3v) is 2.82. The molecule has 0 saturated heterocycles. The highest BCUT2D eigenvalue weighted by Crippen LogP contribution is 2.05. The molecule has 0 unspecified atom stereocenters. The van der Waals surface area contributed by atoms with E-state index in [0.29, 0.717) is 12.3 Å². The number of rotatable bonds is 7. The number of hydrogen-bond acceptors (Lipinski definition) is 4. The van der Waals surface area contributed by atoms with Crippen molar-refractivity contribution < 1.29 is 5.21 Å². The Kier molecular flexibility index (Phi) is 5.80. The van der Waals surface area contributed by atoms with E-state index in [2.05, 4.69) is 27.3 Å². The van der Waals surface area contributed by atoms with Crippen molar-refractivity contribution in [3.8, 4) is 0 Å². The first-order valence-electron chi connectivity index (χ1n) is 5.01. The molecule has 0 aliphatic heterocycles. The minimum Gasteiger partial charge on any atom is -0.409 e. The molecule has 0 spiro atoms. The van der Waals surface area contributed by atoms with Gasteiger partial charge in [0, 0.05) is 6.42 Å². The smallest absolute Gasteiger partial charge is 0.139 e. The van der Waals surface area contributed by atoms with Crippen molar-refractivity contribution in [1.82, 2.24) is 5.32 Å². The van der Waals surface area contributed by atoms with Crippen LogP contribution in [-0.2, 0) is 6.42 Å². The molecule has 0 aliphatic carbocycles. The Bertz CT molecular complexity index is 285. The summed E-state index contributed by atoms with van der Waals surface area (Å²) < 4.78 is 0. The zero-order chi connectivity index (χ0) is 10.9. The van der Waals surface area contributed by atoms with Crippen molar-refractivity contribution in [2.24, 2.45) is 10.9 Å². The van der Waals surface area contributed by atoms with Crippen LogP contribution in [0.5, 0.6) is 0 Å². The molecule has 0 bridgehead atoms. The fourth-order valence-corrected chi connectivity index (χ4v) is 1.94. The highest BCUT2D eigenvalue weighted by Gasteiger charge is 1.94. The number of nitrogens with zero attached hydrogens (tertiary/aromatic N) is 1. The molecule has 5 heteroatoms. The van der Waals surface area contributed by atoms with Gasteiger partial charge in [-0.2, -0.15) is 11.3 Å². The monoisotopic (exact) mass is 227 g/mol. The summed E-state index contributed by atoms with van der Waals surface area (Å²) in [5.41, 5.74) is 6.72. The number of thiophene rings is 1. The first-order valence-corrected chi connectivity index (χ1v) is 5.95. The van der Waals surface area contributed by atoms with Crippen LogP contribution in [0.25, 0.3) is 0 Å². The highest BCUT2D eigenvalue weighted by atomic mass is 32.1. The second kappa shape index (κ2) is 7.25. The van der Waals surface area contributed by atoms with Crippen LogP contribution in [0.3, 0.4) is 0 Å². The minimum atomic E-state index is 0.301. The molecule has 1 aromatic heterocycles. The Hall–Kier alpha value is -1.07. The maximum atomic E-state index is 8.31. The lowest BCUT2D eigenvalue weighted by molar-refractivity contribution is 0.316. The molecule has 0 atom stereocenters. The van der Waals surface area contributed by atoms with Gasteiger partial charge in [0.2, 0.25) is 0 Å². The van der Waals surface area contributed by atoms with Gasteiger partial charge in [-0.3, -0.25) is 0 Å². The molecule has 84 valence electrons. The molecule has 0 aromatic carbocycles. The van der Waals surface area contributed by atoms with Gasteiger partial charge in [0.15, 0.2) is 0 Å². The van der Waals surface area contributed by atoms with Gasteiger partial charge >= 0.3 is 0 Å². The maximum Gasteiger partial charge on any atom is 0.139 e. The van der Waals surface area contributed by atoms with E-state index in [1.54, 1.807) is 11.3 Å². The average Bonchev–Trinajstić information content (AvgIpc) is 2.75. The highest BCUT2D eigenvalue weighted by molar-refractivity contribution is 7.07. The Morgan fingerprint density at radius 1 is 1.53 bits per heavy atom. The third-order valence-electron chi connectivity index (χ3n) is 2.09. The summed E-state index contributed by atoms with van der Waals surface area (Å²) in [5, 5.41) is 18.8. The third kappa shape index (κ3) is 5.39. The quantitative estimate of drug-likeness (QED) is 0.217. The standard InChI is InChI=1S/C10H17N3OS/c11-10(13-14)2-1-5-12-6-3-9-4-7-15-8-9/h4,7-8,12,14H,1-3,5-6H2,(H2,11,13). The SMILES string of the molecule is NC(CCCNCCc1ccsc1)=NO. The van der Waals surface area contributed by atoms with Gasteiger partial charge in [-0.15, -0.1) is 0 Å². The van der Waals surface area contributed by atoms with Crippen LogP contribution < -0.4 is 11.1 Å². The summed E-state index contributed by atoms with van der Waals surface area (Å²) in [6.45, 7) is 1.88. The Morgan fingerprint density at radius 2 is 2.40 bits per heavy atom. The predicted octanol–water partition coefficient (Wildman–Crippen LogP) is 1.41. The van der Waals surface area contributed by atoms with Crippen molar-refractivity contribution in [2.45, 2.75) is 19.3 Å². The zero-order valence-electron chi connectivity index (χ0n) is 8.65. The summed E-state index contributed by atoms with van der Waals surface area (Å²) in [6, 6.07) is 2.14. The van der Waals surface area contributed by atoms with E-state index >= 15 is 0 Å². The topological polar surface area (TPSA) is 70.6 Å². The van der Waals surface area contributed by atoms with E-state index in [0.717, 1.165) is 25.9 Å². The zero-order valence-corrected chi connectivity index (χ0v) is 9.46. The number of amidine groups is 1. The molecule has 0 radical (unpaired) electrons. The van der Waals surface area contributed by atoms with Crippen LogP contribution in [0.2, 0.25) is 0 Å². The van der Waals surface area contributed by atoms with E-state index in [1.807, 2.05) is 0 Å². The van der Waals surface area contributed by atoms with Crippen LogP contribution in [-0.4, -0.2) is 24.1 Å². The van der Waals surface area contributed by atoms with Gasteiger partial charge in [0.05, 0.1) is 0 Å². The molecule has 0 fully saturated rings. The van der Waals surface area contributed by atoms with E-state index in [1.165, 1.54) is 5.56 Å². The van der Waals surface area contributed by atoms with Crippen LogP contribution in [0, 0.1) is 0 Å². The Labute approximate surface area is 93.8 Å². The summed E-state index contributed by atoms with van der Waals surface area (Å²) in [6.07, 6.45) is 2.61. The number of nitrogens with two attached hydrogens (primary N) is 1. The first-order chi connectivity index (χ1) is 7.33. The van der Waals surface area contributed by atoms with E-state index in [-0.39, 0.29) is 0 Å². The van der Waals surface area contributed by atoms with Crippen LogP contribution >= 0.6 is 11.3 Å². The van der Waals surface area contributed by atoms with Crippen molar-refractivity contribution in [2.75, 3.05) is 13.1 Å². The van der Waals surface area contributed by atoms with E-state index in [9.17, 15) is 0 Å². The summed E-state index contributed by atoms with van der Waals surface area (Å²) in [5.74, 6) is 0.301. The second-order valence-corrected chi connectivity index (χ2v) is 4.11. The number of hydrogen-bond donors (Lipinski definition) is 3. The van der Waals surface area contributed by atoms with Gasteiger partial charge in [-0.25, -0.2) is 0 Å². The van der Waals surface area contributed by atoms with Crippen molar-refractivity contribution in [3.05, 3.63) is 22.4 Å². The molecule has 1 heterocycles. The predicted molar refractivity (Wildman–Crippen MR) is 63.5 cm³/mol. The number of oxime groups is 1. The van der Waals surface area contributed by atoms with E-state index in [4.69, 9.17) is 10.9 Å². The summed E-state index contributed by atoms with van der Waals surface area (Å²) in [4.78, 5) is 0. The lowest BCUT2D eigenvalue weighted by Crippen LogP contribution is -2.20. The van der Waals surface area contributed by atoms with Crippen molar-refractivity contribution in [3.63, 3.8) is 0 Å². The minimum absolute atomic E-state index is 0.301. The van der Waals surface area contributed by atoms with Gasteiger partial charge < -0.3 is 16.3 Å². The number of nitrogens with one attached hydrogen (secondary N) is 1. The molecule has 4 nitrogen and oxygen atoms in total. The Morgan fingerprint density at radius 3 is 3.07 bits per heavy atom. The fraction of sp³-hybridized carbons (Fsp3) is 0.500. The lowest BCUT2D eigenvalue weighted by atomic mass is 10.2. The summed E-state index contributed by atoms with van der Waals surface area (Å²) >= 11 is 1.73. The fourth-order valence-electron chi connectivity index (χ4n) is 1.24. The largest absolute Gasteiger partial charge is 0.409 e. The lowest BCUT2D eigenvalue weighted by Gasteiger charge is -2.02. The second-order valence-electron chi connectivity index (χ2n) is 3.33. The molecular weight excluding hydrogens is 210 g/mol. The van der Waals surface area contributed by atoms with Crippen molar-refractivity contribution >= 4 is 17.2 Å². The normalized spacial score (nSPS) is 11.9. The molecule has 0 aliphatic rings. The maximum absolute atomic E-state index is 8.31.